The van der Waals surface area contributed by atoms with E-state index >= 15 is 0 Å². The highest BCUT2D eigenvalue weighted by atomic mass is 16.5. The van der Waals surface area contributed by atoms with E-state index in [0.717, 1.165) is 0 Å². The molecule has 8 heteroatoms. The first-order valence-corrected chi connectivity index (χ1v) is 6.46. The summed E-state index contributed by atoms with van der Waals surface area (Å²) in [4.78, 5) is 34.3. The van der Waals surface area contributed by atoms with Gasteiger partial charge in [0.05, 0.1) is 12.8 Å². The summed E-state index contributed by atoms with van der Waals surface area (Å²) >= 11 is 0. The number of aliphatic carboxylic acids is 1. The highest BCUT2D eigenvalue weighted by Gasteiger charge is 2.25. The molecule has 0 bridgehead atoms. The number of esters is 1. The van der Waals surface area contributed by atoms with Crippen LogP contribution in [0, 0.1) is 6.92 Å². The maximum absolute atomic E-state index is 12.1. The molecule has 2 N–H and O–H groups in total. The predicted molar refractivity (Wildman–Crippen MR) is 70.8 cm³/mol. The second-order valence-corrected chi connectivity index (χ2v) is 4.39. The summed E-state index contributed by atoms with van der Waals surface area (Å²) in [7, 11) is 1.21. The van der Waals surface area contributed by atoms with Crippen molar-refractivity contribution in [1.82, 2.24) is 10.5 Å². The number of rotatable bonds is 7. The molecule has 0 saturated heterocycles. The van der Waals surface area contributed by atoms with Gasteiger partial charge in [-0.3, -0.25) is 9.59 Å². The number of nitrogens with zero attached hydrogens (tertiary/aromatic N) is 1. The van der Waals surface area contributed by atoms with Crippen LogP contribution in [-0.4, -0.2) is 41.3 Å². The summed E-state index contributed by atoms with van der Waals surface area (Å²) in [6, 6.07) is -1.18. The van der Waals surface area contributed by atoms with Crippen molar-refractivity contribution in [2.75, 3.05) is 7.11 Å². The fourth-order valence-corrected chi connectivity index (χ4v) is 1.80. The Morgan fingerprint density at radius 3 is 2.62 bits per heavy atom. The SMILES string of the molecule is CCc1noc(C)c1C(=O)N[C@H](CCC(=O)OC)C(=O)O. The molecule has 1 atom stereocenters. The smallest absolute Gasteiger partial charge is 0.326 e. The highest BCUT2D eigenvalue weighted by Crippen LogP contribution is 2.14. The van der Waals surface area contributed by atoms with E-state index in [2.05, 4.69) is 15.2 Å². The fourth-order valence-electron chi connectivity index (χ4n) is 1.80. The molecular formula is C13H18N2O6. The molecule has 1 aromatic heterocycles. The molecule has 0 aliphatic carbocycles. The van der Waals surface area contributed by atoms with Crippen LogP contribution in [0.15, 0.2) is 4.52 Å². The average Bonchev–Trinajstić information content (AvgIpc) is 2.83. The van der Waals surface area contributed by atoms with Gasteiger partial charge in [-0.15, -0.1) is 0 Å². The Morgan fingerprint density at radius 1 is 1.43 bits per heavy atom. The van der Waals surface area contributed by atoms with Crippen LogP contribution in [-0.2, 0) is 20.7 Å². The van der Waals surface area contributed by atoms with Crippen LogP contribution < -0.4 is 5.32 Å². The predicted octanol–water partition coefficient (Wildman–Crippen LogP) is 0.682. The molecule has 1 rings (SSSR count). The van der Waals surface area contributed by atoms with Crippen LogP contribution in [0.2, 0.25) is 0 Å². The van der Waals surface area contributed by atoms with Gasteiger partial charge >= 0.3 is 11.9 Å². The molecule has 0 spiro atoms. The average molecular weight is 298 g/mol. The zero-order valence-electron chi connectivity index (χ0n) is 12.1. The van der Waals surface area contributed by atoms with Crippen molar-refractivity contribution in [3.8, 4) is 0 Å². The van der Waals surface area contributed by atoms with Gasteiger partial charge in [-0.25, -0.2) is 4.79 Å². The number of hydrogen-bond donors (Lipinski definition) is 2. The number of amides is 1. The van der Waals surface area contributed by atoms with Crippen LogP contribution in [0.5, 0.6) is 0 Å². The minimum atomic E-state index is -1.22. The molecule has 8 nitrogen and oxygen atoms in total. The van der Waals surface area contributed by atoms with Gasteiger partial charge in [0.15, 0.2) is 0 Å². The molecule has 0 unspecified atom stereocenters. The quantitative estimate of drug-likeness (QED) is 0.710. The van der Waals surface area contributed by atoms with Gasteiger partial charge in [0, 0.05) is 6.42 Å². The molecule has 0 radical (unpaired) electrons. The second-order valence-electron chi connectivity index (χ2n) is 4.39. The Hall–Kier alpha value is -2.38. The zero-order valence-corrected chi connectivity index (χ0v) is 12.1. The number of carboxylic acid groups (broad SMARTS) is 1. The first-order chi connectivity index (χ1) is 9.90. The van der Waals surface area contributed by atoms with Crippen molar-refractivity contribution in [3.63, 3.8) is 0 Å². The van der Waals surface area contributed by atoms with Gasteiger partial charge in [-0.05, 0) is 19.8 Å². The van der Waals surface area contributed by atoms with E-state index < -0.39 is 23.9 Å². The molecule has 0 fully saturated rings. The van der Waals surface area contributed by atoms with Crippen molar-refractivity contribution in [3.05, 3.63) is 17.0 Å². The minimum Gasteiger partial charge on any atom is -0.480 e. The van der Waals surface area contributed by atoms with Gasteiger partial charge in [-0.1, -0.05) is 12.1 Å². The van der Waals surface area contributed by atoms with Crippen LogP contribution >= 0.6 is 0 Å². The molecule has 0 aliphatic rings. The number of nitrogens with one attached hydrogen (secondary N) is 1. The van der Waals surface area contributed by atoms with Crippen molar-refractivity contribution < 1.29 is 28.8 Å². The van der Waals surface area contributed by atoms with Crippen molar-refractivity contribution in [1.29, 1.82) is 0 Å². The van der Waals surface area contributed by atoms with Crippen LogP contribution in [0.1, 0.15) is 41.6 Å². The lowest BCUT2D eigenvalue weighted by atomic mass is 10.1. The topological polar surface area (TPSA) is 119 Å². The van der Waals surface area contributed by atoms with E-state index in [-0.39, 0.29) is 18.4 Å². The van der Waals surface area contributed by atoms with E-state index in [1.54, 1.807) is 13.8 Å². The third kappa shape index (κ3) is 4.30. The van der Waals surface area contributed by atoms with Crippen molar-refractivity contribution in [2.24, 2.45) is 0 Å². The number of ether oxygens (including phenoxy) is 1. The van der Waals surface area contributed by atoms with E-state index in [1.165, 1.54) is 7.11 Å². The number of aromatic nitrogens is 1. The van der Waals surface area contributed by atoms with Crippen molar-refractivity contribution in [2.45, 2.75) is 39.2 Å². The van der Waals surface area contributed by atoms with Crippen LogP contribution in [0.3, 0.4) is 0 Å². The van der Waals surface area contributed by atoms with E-state index in [1.807, 2.05) is 0 Å². The number of methoxy groups -OCH3 is 1. The molecule has 1 aromatic rings. The number of aryl methyl sites for hydroxylation is 2. The standard InChI is InChI=1S/C13H18N2O6/c1-4-8-11(7(2)21-15-8)12(17)14-9(13(18)19)5-6-10(16)20-3/h9H,4-6H2,1-3H3,(H,14,17)(H,18,19)/t9-/m1/s1. The minimum absolute atomic E-state index is 0.0560. The number of hydrogen-bond acceptors (Lipinski definition) is 6. The molecule has 21 heavy (non-hydrogen) atoms. The fraction of sp³-hybridized carbons (Fsp3) is 0.538. The molecule has 116 valence electrons. The Labute approximate surface area is 121 Å². The summed E-state index contributed by atoms with van der Waals surface area (Å²) < 4.78 is 9.38. The molecule has 0 saturated carbocycles. The lowest BCUT2D eigenvalue weighted by Gasteiger charge is -2.13. The largest absolute Gasteiger partial charge is 0.480 e. The maximum Gasteiger partial charge on any atom is 0.326 e. The van der Waals surface area contributed by atoms with Gasteiger partial charge in [-0.2, -0.15) is 0 Å². The maximum atomic E-state index is 12.1. The first-order valence-electron chi connectivity index (χ1n) is 6.46. The third-order valence-electron chi connectivity index (χ3n) is 2.96. The highest BCUT2D eigenvalue weighted by molar-refractivity contribution is 5.98. The van der Waals surface area contributed by atoms with Crippen molar-refractivity contribution >= 4 is 17.8 Å². The second kappa shape index (κ2) is 7.41. The summed E-state index contributed by atoms with van der Waals surface area (Å²) in [5.74, 6) is -2.02. The Kier molecular flexibility index (Phi) is 5.89. The lowest BCUT2D eigenvalue weighted by molar-refractivity contribution is -0.142. The Balaban J connectivity index is 2.79. The summed E-state index contributed by atoms with van der Waals surface area (Å²) in [5.41, 5.74) is 0.698. The number of carboxylic acids is 1. The third-order valence-corrected chi connectivity index (χ3v) is 2.96. The molecule has 0 aromatic carbocycles. The lowest BCUT2D eigenvalue weighted by Crippen LogP contribution is -2.41. The Morgan fingerprint density at radius 2 is 2.10 bits per heavy atom. The van der Waals surface area contributed by atoms with Crippen LogP contribution in [0.25, 0.3) is 0 Å². The van der Waals surface area contributed by atoms with E-state index in [4.69, 9.17) is 9.63 Å². The number of carbonyl (C=O) groups is 3. The molecule has 0 aliphatic heterocycles. The van der Waals surface area contributed by atoms with E-state index in [9.17, 15) is 14.4 Å². The Bertz CT molecular complexity index is 537. The summed E-state index contributed by atoms with van der Waals surface area (Å²) in [6.45, 7) is 3.38. The van der Waals surface area contributed by atoms with Gasteiger partial charge in [0.25, 0.3) is 5.91 Å². The monoisotopic (exact) mass is 298 g/mol. The van der Waals surface area contributed by atoms with Gasteiger partial charge < -0.3 is 19.7 Å². The van der Waals surface area contributed by atoms with Gasteiger partial charge in [0.2, 0.25) is 0 Å². The van der Waals surface area contributed by atoms with Gasteiger partial charge in [0.1, 0.15) is 17.4 Å². The van der Waals surface area contributed by atoms with Crippen LogP contribution in [0.4, 0.5) is 0 Å². The zero-order chi connectivity index (χ0) is 16.0. The first kappa shape index (κ1) is 16.7. The normalized spacial score (nSPS) is 11.8. The molecular weight excluding hydrogens is 280 g/mol. The van der Waals surface area contributed by atoms with E-state index in [0.29, 0.717) is 17.9 Å². The molecule has 1 amide bonds. The summed E-state index contributed by atoms with van der Waals surface area (Å²) in [5, 5.41) is 15.2. The number of carbonyl (C=O) groups excluding carboxylic acids is 2. The molecule has 1 heterocycles. The summed E-state index contributed by atoms with van der Waals surface area (Å²) in [6.07, 6.45) is 0.330.